The van der Waals surface area contributed by atoms with Gasteiger partial charge >= 0.3 is 0 Å². The monoisotopic (exact) mass is 271 g/mol. The van der Waals surface area contributed by atoms with Crippen LogP contribution in [0, 0.1) is 6.92 Å². The van der Waals surface area contributed by atoms with Crippen LogP contribution in [-0.4, -0.2) is 4.98 Å². The standard InChI is InChI=1S/C10H7BrClNO/c1-6-5-13-10(14-6)7-2-8(11)4-9(12)3-7/h2-5H,1H3. The highest BCUT2D eigenvalue weighted by molar-refractivity contribution is 9.10. The van der Waals surface area contributed by atoms with Crippen molar-refractivity contribution in [2.45, 2.75) is 6.92 Å². The quantitative estimate of drug-likeness (QED) is 0.782. The molecule has 0 aliphatic heterocycles. The van der Waals surface area contributed by atoms with Gasteiger partial charge in [-0.15, -0.1) is 0 Å². The summed E-state index contributed by atoms with van der Waals surface area (Å²) >= 11 is 9.27. The number of aryl methyl sites for hydroxylation is 1. The van der Waals surface area contributed by atoms with E-state index in [0.29, 0.717) is 10.9 Å². The van der Waals surface area contributed by atoms with Crippen LogP contribution in [0.1, 0.15) is 5.76 Å². The fourth-order valence-electron chi connectivity index (χ4n) is 1.17. The van der Waals surface area contributed by atoms with Crippen molar-refractivity contribution in [3.05, 3.63) is 39.7 Å². The highest BCUT2D eigenvalue weighted by Crippen LogP contribution is 2.26. The molecule has 2 nitrogen and oxygen atoms in total. The van der Waals surface area contributed by atoms with Gasteiger partial charge in [0.25, 0.3) is 0 Å². The molecule has 72 valence electrons. The Bertz CT molecular complexity index is 447. The molecular weight excluding hydrogens is 265 g/mol. The van der Waals surface area contributed by atoms with Gasteiger partial charge in [-0.05, 0) is 25.1 Å². The zero-order chi connectivity index (χ0) is 10.1. The summed E-state index contributed by atoms with van der Waals surface area (Å²) in [5, 5.41) is 0.658. The lowest BCUT2D eigenvalue weighted by atomic mass is 10.2. The first-order valence-corrected chi connectivity index (χ1v) is 5.21. The summed E-state index contributed by atoms with van der Waals surface area (Å²) in [6, 6.07) is 5.55. The van der Waals surface area contributed by atoms with Gasteiger partial charge < -0.3 is 4.42 Å². The van der Waals surface area contributed by atoms with Crippen LogP contribution in [0.5, 0.6) is 0 Å². The minimum Gasteiger partial charge on any atom is -0.441 e. The second kappa shape index (κ2) is 3.75. The van der Waals surface area contributed by atoms with Crippen molar-refractivity contribution in [2.75, 3.05) is 0 Å². The molecular formula is C10H7BrClNO. The van der Waals surface area contributed by atoms with Gasteiger partial charge in [-0.2, -0.15) is 0 Å². The minimum absolute atomic E-state index is 0.589. The van der Waals surface area contributed by atoms with E-state index in [1.54, 1.807) is 6.20 Å². The lowest BCUT2D eigenvalue weighted by Crippen LogP contribution is -1.77. The van der Waals surface area contributed by atoms with Gasteiger partial charge in [0.2, 0.25) is 5.89 Å². The highest BCUT2D eigenvalue weighted by Gasteiger charge is 2.06. The Hall–Kier alpha value is -0.800. The average Bonchev–Trinajstić information content (AvgIpc) is 2.50. The molecule has 0 atom stereocenters. The molecule has 1 aromatic heterocycles. The summed E-state index contributed by atoms with van der Waals surface area (Å²) in [6.07, 6.45) is 1.68. The molecule has 4 heteroatoms. The van der Waals surface area contributed by atoms with E-state index < -0.39 is 0 Å². The third-order valence-corrected chi connectivity index (χ3v) is 2.41. The number of rotatable bonds is 1. The Labute approximate surface area is 95.0 Å². The van der Waals surface area contributed by atoms with E-state index in [2.05, 4.69) is 20.9 Å². The minimum atomic E-state index is 0.589. The number of benzene rings is 1. The molecule has 0 saturated heterocycles. The van der Waals surface area contributed by atoms with Gasteiger partial charge in [-0.1, -0.05) is 27.5 Å². The molecule has 0 bridgehead atoms. The summed E-state index contributed by atoms with van der Waals surface area (Å²) in [5.74, 6) is 1.38. The van der Waals surface area contributed by atoms with Crippen LogP contribution in [0.25, 0.3) is 11.5 Å². The van der Waals surface area contributed by atoms with E-state index in [4.69, 9.17) is 16.0 Å². The van der Waals surface area contributed by atoms with Gasteiger partial charge in [0, 0.05) is 15.1 Å². The number of hydrogen-bond donors (Lipinski definition) is 0. The van der Waals surface area contributed by atoms with E-state index in [-0.39, 0.29) is 0 Å². The first kappa shape index (κ1) is 9.74. The van der Waals surface area contributed by atoms with E-state index in [1.165, 1.54) is 0 Å². The topological polar surface area (TPSA) is 26.0 Å². The molecule has 1 heterocycles. The van der Waals surface area contributed by atoms with Gasteiger partial charge in [0.15, 0.2) is 0 Å². The lowest BCUT2D eigenvalue weighted by molar-refractivity contribution is 0.542. The summed E-state index contributed by atoms with van der Waals surface area (Å²) in [5.41, 5.74) is 0.873. The van der Waals surface area contributed by atoms with E-state index >= 15 is 0 Å². The van der Waals surface area contributed by atoms with Crippen LogP contribution < -0.4 is 0 Å². The van der Waals surface area contributed by atoms with E-state index in [9.17, 15) is 0 Å². The zero-order valence-electron chi connectivity index (χ0n) is 7.42. The molecule has 0 saturated carbocycles. The van der Waals surface area contributed by atoms with Gasteiger partial charge in [-0.25, -0.2) is 4.98 Å². The molecule has 0 radical (unpaired) electrons. The van der Waals surface area contributed by atoms with Crippen molar-refractivity contribution < 1.29 is 4.42 Å². The Morgan fingerprint density at radius 3 is 2.71 bits per heavy atom. The maximum absolute atomic E-state index is 5.91. The average molecular weight is 273 g/mol. The van der Waals surface area contributed by atoms with Crippen molar-refractivity contribution in [2.24, 2.45) is 0 Å². The van der Waals surface area contributed by atoms with Crippen LogP contribution in [0.15, 0.2) is 33.3 Å². The van der Waals surface area contributed by atoms with Gasteiger partial charge in [-0.3, -0.25) is 0 Å². The predicted molar refractivity (Wildman–Crippen MR) is 59.4 cm³/mol. The molecule has 0 N–H and O–H groups in total. The molecule has 0 aliphatic rings. The molecule has 0 fully saturated rings. The first-order chi connectivity index (χ1) is 6.65. The largest absolute Gasteiger partial charge is 0.441 e. The third-order valence-electron chi connectivity index (χ3n) is 1.73. The first-order valence-electron chi connectivity index (χ1n) is 4.04. The predicted octanol–water partition coefficient (Wildman–Crippen LogP) is 4.07. The van der Waals surface area contributed by atoms with Crippen LogP contribution in [-0.2, 0) is 0 Å². The summed E-state index contributed by atoms with van der Waals surface area (Å²) < 4.78 is 6.30. The third kappa shape index (κ3) is 1.99. The fraction of sp³-hybridized carbons (Fsp3) is 0.100. The van der Waals surface area contributed by atoms with E-state index in [1.807, 2.05) is 25.1 Å². The highest BCUT2D eigenvalue weighted by atomic mass is 79.9. The molecule has 0 unspecified atom stereocenters. The number of halogens is 2. The Morgan fingerprint density at radius 1 is 1.36 bits per heavy atom. The smallest absolute Gasteiger partial charge is 0.226 e. The van der Waals surface area contributed by atoms with Crippen LogP contribution >= 0.6 is 27.5 Å². The number of nitrogens with zero attached hydrogens (tertiary/aromatic N) is 1. The van der Waals surface area contributed by atoms with Crippen molar-refractivity contribution in [3.8, 4) is 11.5 Å². The Morgan fingerprint density at radius 2 is 2.14 bits per heavy atom. The van der Waals surface area contributed by atoms with Crippen LogP contribution in [0.2, 0.25) is 5.02 Å². The number of hydrogen-bond acceptors (Lipinski definition) is 2. The van der Waals surface area contributed by atoms with Crippen molar-refractivity contribution in [1.82, 2.24) is 4.98 Å². The molecule has 2 rings (SSSR count). The van der Waals surface area contributed by atoms with Crippen LogP contribution in [0.3, 0.4) is 0 Å². The molecule has 0 spiro atoms. The SMILES string of the molecule is Cc1cnc(-c2cc(Cl)cc(Br)c2)o1. The fourth-order valence-corrected chi connectivity index (χ4v) is 2.03. The lowest BCUT2D eigenvalue weighted by Gasteiger charge is -1.98. The number of aromatic nitrogens is 1. The van der Waals surface area contributed by atoms with Gasteiger partial charge in [0.1, 0.15) is 5.76 Å². The molecule has 0 amide bonds. The molecule has 14 heavy (non-hydrogen) atoms. The van der Waals surface area contributed by atoms with Crippen molar-refractivity contribution >= 4 is 27.5 Å². The number of oxazole rings is 1. The van der Waals surface area contributed by atoms with Gasteiger partial charge in [0.05, 0.1) is 6.20 Å². The maximum atomic E-state index is 5.91. The van der Waals surface area contributed by atoms with Crippen molar-refractivity contribution in [3.63, 3.8) is 0 Å². The van der Waals surface area contributed by atoms with Crippen molar-refractivity contribution in [1.29, 1.82) is 0 Å². The second-order valence-electron chi connectivity index (χ2n) is 2.93. The van der Waals surface area contributed by atoms with E-state index in [0.717, 1.165) is 15.8 Å². The molecule has 1 aromatic carbocycles. The Kier molecular flexibility index (Phi) is 2.61. The summed E-state index contributed by atoms with van der Waals surface area (Å²) in [6.45, 7) is 1.86. The summed E-state index contributed by atoms with van der Waals surface area (Å²) in [7, 11) is 0. The molecule has 0 aliphatic carbocycles. The zero-order valence-corrected chi connectivity index (χ0v) is 9.76. The maximum Gasteiger partial charge on any atom is 0.226 e. The second-order valence-corrected chi connectivity index (χ2v) is 4.29. The Balaban J connectivity index is 2.51. The normalized spacial score (nSPS) is 10.5. The summed E-state index contributed by atoms with van der Waals surface area (Å²) in [4.78, 5) is 4.12. The molecule has 2 aromatic rings. The van der Waals surface area contributed by atoms with Crippen LogP contribution in [0.4, 0.5) is 0 Å².